The molecule has 3 rings (SSSR count). The molecule has 112 valence electrons. The normalized spacial score (nSPS) is 35.7. The Kier molecular flexibility index (Phi) is 4.55. The van der Waals surface area contributed by atoms with Gasteiger partial charge in [-0.1, -0.05) is 6.92 Å². The summed E-state index contributed by atoms with van der Waals surface area (Å²) in [5, 5.41) is 0. The van der Waals surface area contributed by atoms with Crippen molar-refractivity contribution < 1.29 is 17.3 Å². The molecule has 0 amide bonds. The van der Waals surface area contributed by atoms with Crippen molar-refractivity contribution in [2.75, 3.05) is 13.7 Å². The second-order valence-corrected chi connectivity index (χ2v) is 7.59. The first kappa shape index (κ1) is 15.2. The number of nitrogens with zero attached hydrogens (tertiary/aromatic N) is 1. The molecule has 2 bridgehead atoms. The molecule has 0 aromatic heterocycles. The van der Waals surface area contributed by atoms with Crippen LogP contribution in [0, 0.1) is 11.8 Å². The largest absolute Gasteiger partial charge is 0.378 e. The van der Waals surface area contributed by atoms with Crippen molar-refractivity contribution in [3.05, 3.63) is 0 Å². The quantitative estimate of drug-likeness (QED) is 0.775. The molecule has 3 aliphatic rings. The van der Waals surface area contributed by atoms with Crippen LogP contribution in [0.2, 0.25) is 0 Å². The zero-order valence-electron chi connectivity index (χ0n) is 12.2. The van der Waals surface area contributed by atoms with Gasteiger partial charge in [0.05, 0.1) is 18.8 Å². The lowest BCUT2D eigenvalue weighted by Gasteiger charge is -2.40. The molecule has 2 saturated heterocycles. The third kappa shape index (κ3) is 3.12. The molecule has 0 aromatic rings. The highest BCUT2D eigenvalue weighted by atomic mass is 32.2. The van der Waals surface area contributed by atoms with Crippen LogP contribution in [-0.2, 0) is 19.2 Å². The van der Waals surface area contributed by atoms with E-state index in [9.17, 15) is 8.42 Å². The maximum atomic E-state index is 12.1. The van der Waals surface area contributed by atoms with Gasteiger partial charge in [-0.3, -0.25) is 4.18 Å². The maximum absolute atomic E-state index is 12.1. The Balaban J connectivity index is 2.14. The molecular weight excluding hydrogens is 266 g/mol. The van der Waals surface area contributed by atoms with Gasteiger partial charge in [-0.2, -0.15) is 12.7 Å². The highest BCUT2D eigenvalue weighted by molar-refractivity contribution is 7.84. The van der Waals surface area contributed by atoms with Crippen LogP contribution in [0.1, 0.15) is 40.0 Å². The molecule has 2 heterocycles. The van der Waals surface area contributed by atoms with Crippen molar-refractivity contribution in [2.24, 2.45) is 11.8 Å². The van der Waals surface area contributed by atoms with Crippen molar-refractivity contribution >= 4 is 10.3 Å². The Morgan fingerprint density at radius 1 is 1.37 bits per heavy atom. The minimum Gasteiger partial charge on any atom is -0.378 e. The summed E-state index contributed by atoms with van der Waals surface area (Å²) in [6.45, 7) is 6.71. The third-order valence-corrected chi connectivity index (χ3v) is 5.76. The van der Waals surface area contributed by atoms with E-state index in [1.807, 2.05) is 13.8 Å². The SMILES string of the molecule is CCC(COC(C)C)C1C2CC(C2)OS(=O)(=O)N1C. The van der Waals surface area contributed by atoms with Gasteiger partial charge in [0, 0.05) is 13.1 Å². The Labute approximate surface area is 116 Å². The van der Waals surface area contributed by atoms with Crippen LogP contribution in [0.3, 0.4) is 0 Å². The summed E-state index contributed by atoms with van der Waals surface area (Å²) in [5.74, 6) is 0.641. The first-order valence-corrected chi connectivity index (χ1v) is 8.49. The van der Waals surface area contributed by atoms with E-state index in [1.54, 1.807) is 7.05 Å². The van der Waals surface area contributed by atoms with E-state index in [2.05, 4.69) is 6.92 Å². The lowest BCUT2D eigenvalue weighted by Crippen LogP contribution is -2.47. The smallest absolute Gasteiger partial charge is 0.338 e. The van der Waals surface area contributed by atoms with Crippen LogP contribution in [0.5, 0.6) is 0 Å². The number of ether oxygens (including phenoxy) is 1. The molecular formula is C13H25NO4S. The minimum absolute atomic E-state index is 0.00694. The highest BCUT2D eigenvalue weighted by Gasteiger charge is 2.49. The van der Waals surface area contributed by atoms with E-state index < -0.39 is 10.3 Å². The van der Waals surface area contributed by atoms with Crippen molar-refractivity contribution in [3.63, 3.8) is 0 Å². The van der Waals surface area contributed by atoms with E-state index >= 15 is 0 Å². The van der Waals surface area contributed by atoms with Crippen molar-refractivity contribution in [1.82, 2.24) is 4.31 Å². The van der Waals surface area contributed by atoms with Gasteiger partial charge in [0.2, 0.25) is 0 Å². The van der Waals surface area contributed by atoms with Crippen LogP contribution in [0.25, 0.3) is 0 Å². The Hall–Kier alpha value is -0.170. The van der Waals surface area contributed by atoms with E-state index in [0.717, 1.165) is 19.3 Å². The molecule has 5 nitrogen and oxygen atoms in total. The Morgan fingerprint density at radius 2 is 2.00 bits per heavy atom. The average molecular weight is 291 g/mol. The van der Waals surface area contributed by atoms with Gasteiger partial charge in [-0.25, -0.2) is 0 Å². The van der Waals surface area contributed by atoms with E-state index in [-0.39, 0.29) is 24.2 Å². The molecule has 2 atom stereocenters. The molecule has 0 radical (unpaired) electrons. The van der Waals surface area contributed by atoms with E-state index in [1.165, 1.54) is 4.31 Å². The number of hydrogen-bond donors (Lipinski definition) is 0. The average Bonchev–Trinajstić information content (AvgIpc) is 2.42. The molecule has 2 aliphatic heterocycles. The Morgan fingerprint density at radius 3 is 2.53 bits per heavy atom. The molecule has 6 heteroatoms. The molecule has 0 N–H and O–H groups in total. The molecule has 19 heavy (non-hydrogen) atoms. The van der Waals surface area contributed by atoms with Gasteiger partial charge >= 0.3 is 10.3 Å². The summed E-state index contributed by atoms with van der Waals surface area (Å²) < 4.78 is 36.5. The standard InChI is InChI=1S/C13H25NO4S/c1-5-10(8-17-9(2)3)13-11-6-12(7-11)18-19(15,16)14(13)4/h9-13H,5-8H2,1-4H3. The fourth-order valence-electron chi connectivity index (χ4n) is 3.11. The van der Waals surface area contributed by atoms with Crippen LogP contribution in [0.4, 0.5) is 0 Å². The zero-order chi connectivity index (χ0) is 14.2. The minimum atomic E-state index is -3.57. The second kappa shape index (κ2) is 5.68. The van der Waals surface area contributed by atoms with Crippen LogP contribution < -0.4 is 0 Å². The lowest BCUT2D eigenvalue weighted by atomic mass is 9.72. The molecule has 0 aromatic carbocycles. The number of hydrogen-bond acceptors (Lipinski definition) is 4. The Bertz CT molecular complexity index is 403. The summed E-state index contributed by atoms with van der Waals surface area (Å²) in [6, 6.07) is 0.00694. The fourth-order valence-corrected chi connectivity index (χ4v) is 4.38. The van der Waals surface area contributed by atoms with Gasteiger partial charge < -0.3 is 4.74 Å². The van der Waals surface area contributed by atoms with Crippen molar-refractivity contribution in [3.8, 4) is 0 Å². The first-order chi connectivity index (χ1) is 8.85. The lowest BCUT2D eigenvalue weighted by molar-refractivity contribution is 0.00105. The first-order valence-electron chi connectivity index (χ1n) is 7.13. The second-order valence-electron chi connectivity index (χ2n) is 5.96. The maximum Gasteiger partial charge on any atom is 0.338 e. The van der Waals surface area contributed by atoms with Crippen molar-refractivity contribution in [1.29, 1.82) is 0 Å². The zero-order valence-corrected chi connectivity index (χ0v) is 13.0. The summed E-state index contributed by atoms with van der Waals surface area (Å²) >= 11 is 0. The van der Waals surface area contributed by atoms with E-state index in [0.29, 0.717) is 12.5 Å². The van der Waals surface area contributed by atoms with Gasteiger partial charge in [0.1, 0.15) is 0 Å². The molecule has 0 spiro atoms. The monoisotopic (exact) mass is 291 g/mol. The van der Waals surface area contributed by atoms with Crippen molar-refractivity contribution in [2.45, 2.75) is 58.3 Å². The molecule has 3 fully saturated rings. The molecule has 1 saturated carbocycles. The van der Waals surface area contributed by atoms with Gasteiger partial charge in [0.25, 0.3) is 0 Å². The summed E-state index contributed by atoms with van der Waals surface area (Å²) in [4.78, 5) is 0. The summed E-state index contributed by atoms with van der Waals surface area (Å²) in [7, 11) is -1.93. The van der Waals surface area contributed by atoms with Gasteiger partial charge in [0.15, 0.2) is 0 Å². The van der Waals surface area contributed by atoms with E-state index in [4.69, 9.17) is 8.92 Å². The van der Waals surface area contributed by atoms with Gasteiger partial charge in [-0.05, 0) is 44.9 Å². The highest BCUT2D eigenvalue weighted by Crippen LogP contribution is 2.43. The fraction of sp³-hybridized carbons (Fsp3) is 1.00. The van der Waals surface area contributed by atoms with Crippen LogP contribution >= 0.6 is 0 Å². The van der Waals surface area contributed by atoms with Crippen LogP contribution in [-0.4, -0.2) is 44.6 Å². The predicted octanol–water partition coefficient (Wildman–Crippen LogP) is 1.79. The number of fused-ring (bicyclic) bond motifs is 3. The third-order valence-electron chi connectivity index (χ3n) is 4.30. The summed E-state index contributed by atoms with van der Waals surface area (Å²) in [6.07, 6.45) is 2.69. The van der Waals surface area contributed by atoms with Gasteiger partial charge in [-0.15, -0.1) is 0 Å². The molecule has 1 aliphatic carbocycles. The topological polar surface area (TPSA) is 55.8 Å². The predicted molar refractivity (Wildman–Crippen MR) is 72.9 cm³/mol. The molecule has 2 unspecified atom stereocenters. The summed E-state index contributed by atoms with van der Waals surface area (Å²) in [5.41, 5.74) is 0. The van der Waals surface area contributed by atoms with Crippen LogP contribution in [0.15, 0.2) is 0 Å². The number of rotatable bonds is 5.